The van der Waals surface area contributed by atoms with Gasteiger partial charge in [0.15, 0.2) is 5.58 Å². The molecule has 0 spiro atoms. The Balaban J connectivity index is 1.05. The normalized spacial score (nSPS) is 12.0. The average molecular weight is 635 g/mol. The van der Waals surface area contributed by atoms with Gasteiger partial charge in [0.25, 0.3) is 0 Å². The van der Waals surface area contributed by atoms with Crippen molar-refractivity contribution in [1.82, 2.24) is 14.9 Å². The second-order valence-electron chi connectivity index (χ2n) is 11.4. The number of aryl methyl sites for hydroxylation is 2. The molecule has 0 aliphatic heterocycles. The number of nitrogens with one attached hydrogen (secondary N) is 3. The molecule has 0 aliphatic carbocycles. The van der Waals surface area contributed by atoms with Crippen LogP contribution in [0, 0.1) is 0 Å². The lowest BCUT2D eigenvalue weighted by Crippen LogP contribution is -2.21. The zero-order chi connectivity index (χ0) is 32.9. The highest BCUT2D eigenvalue weighted by Crippen LogP contribution is 2.30. The highest BCUT2D eigenvalue weighted by molar-refractivity contribution is 5.91. The zero-order valence-electron chi connectivity index (χ0n) is 25.4. The van der Waals surface area contributed by atoms with E-state index in [1.165, 1.54) is 12.1 Å². The van der Waals surface area contributed by atoms with Crippen molar-refractivity contribution in [2.24, 2.45) is 0 Å². The highest BCUT2D eigenvalue weighted by atomic mass is 16.4. The lowest BCUT2D eigenvalue weighted by molar-refractivity contribution is 0.176. The van der Waals surface area contributed by atoms with E-state index >= 15 is 0 Å². The number of rotatable bonds is 12. The second-order valence-corrected chi connectivity index (χ2v) is 11.4. The minimum atomic E-state index is -1.12. The molecule has 0 saturated carbocycles. The van der Waals surface area contributed by atoms with E-state index in [0.29, 0.717) is 47.2 Å². The molecule has 6 rings (SSSR count). The average Bonchev–Trinajstić information content (AvgIpc) is 3.37. The lowest BCUT2D eigenvalue weighted by Gasteiger charge is -2.15. The number of aromatic amines is 1. The van der Waals surface area contributed by atoms with Gasteiger partial charge in [-0.05, 0) is 71.8 Å². The summed E-state index contributed by atoms with van der Waals surface area (Å²) in [6.45, 7) is 1.10. The van der Waals surface area contributed by atoms with Crippen LogP contribution in [0.3, 0.4) is 0 Å². The SMILES string of the molecule is O=C(O)Nc1cc(CCCCn2c(=O)oc3cc(CNCC(O)c4ccc(O)c5[nH]c(=O)ccc45)ccc32)ccc1-c1ccccc1. The molecule has 2 aromatic heterocycles. The van der Waals surface area contributed by atoms with Crippen molar-refractivity contribution in [3.05, 3.63) is 129 Å². The Labute approximate surface area is 268 Å². The maximum absolute atomic E-state index is 12.7. The summed E-state index contributed by atoms with van der Waals surface area (Å²) in [5, 5.41) is 36.6. The van der Waals surface area contributed by atoms with Crippen LogP contribution in [0.5, 0.6) is 5.75 Å². The number of anilines is 1. The van der Waals surface area contributed by atoms with Gasteiger partial charge < -0.3 is 30.0 Å². The van der Waals surface area contributed by atoms with Gasteiger partial charge in [0, 0.05) is 36.7 Å². The molecule has 0 saturated heterocycles. The summed E-state index contributed by atoms with van der Waals surface area (Å²) < 4.78 is 7.16. The molecule has 4 aromatic carbocycles. The van der Waals surface area contributed by atoms with Crippen LogP contribution in [0.4, 0.5) is 10.5 Å². The number of aromatic hydroxyl groups is 1. The van der Waals surface area contributed by atoms with Crippen molar-refractivity contribution < 1.29 is 24.5 Å². The molecule has 1 atom stereocenters. The van der Waals surface area contributed by atoms with Gasteiger partial charge in [-0.2, -0.15) is 0 Å². The molecule has 0 bridgehead atoms. The van der Waals surface area contributed by atoms with Gasteiger partial charge in [-0.1, -0.05) is 54.6 Å². The van der Waals surface area contributed by atoms with Crippen molar-refractivity contribution in [3.8, 4) is 16.9 Å². The number of aliphatic hydroxyl groups is 1. The number of H-pyrrole nitrogens is 1. The number of oxazole rings is 1. The number of carbonyl (C=O) groups is 1. The maximum atomic E-state index is 12.7. The van der Waals surface area contributed by atoms with Crippen LogP contribution >= 0.6 is 0 Å². The number of phenols is 1. The largest absolute Gasteiger partial charge is 0.506 e. The number of hydrogen-bond donors (Lipinski definition) is 6. The van der Waals surface area contributed by atoms with Gasteiger partial charge in [-0.15, -0.1) is 0 Å². The summed E-state index contributed by atoms with van der Waals surface area (Å²) in [6.07, 6.45) is 0.205. The standard InChI is InChI=1S/C36H34N4O7/c41-30-15-12-26(27-13-16-33(43)39-34(27)30)31(42)21-37-20-23-10-14-29-32(19-23)47-36(46)40(29)17-5-4-6-22-9-11-25(24-7-2-1-3-8-24)28(18-22)38-35(44)45/h1-3,7-16,18-19,31,37-38,41-42H,4-6,17,20-21H2,(H,39,43)(H,44,45). The third-order valence-electron chi connectivity index (χ3n) is 8.17. The van der Waals surface area contributed by atoms with E-state index in [1.54, 1.807) is 22.8 Å². The van der Waals surface area contributed by atoms with Crippen LogP contribution in [0.1, 0.15) is 35.6 Å². The van der Waals surface area contributed by atoms with E-state index in [0.717, 1.165) is 35.1 Å². The van der Waals surface area contributed by atoms with Gasteiger partial charge in [0.1, 0.15) is 5.75 Å². The Morgan fingerprint density at radius 3 is 2.53 bits per heavy atom. The number of hydrogen-bond acceptors (Lipinski definition) is 7. The number of unbranched alkanes of at least 4 members (excludes halogenated alkanes) is 1. The number of nitrogens with zero attached hydrogens (tertiary/aromatic N) is 1. The summed E-state index contributed by atoms with van der Waals surface area (Å²) in [4.78, 5) is 38.4. The van der Waals surface area contributed by atoms with Crippen LogP contribution < -0.4 is 21.9 Å². The first-order valence-corrected chi connectivity index (χ1v) is 15.3. The molecular weight excluding hydrogens is 600 g/mol. The van der Waals surface area contributed by atoms with E-state index in [9.17, 15) is 29.7 Å². The van der Waals surface area contributed by atoms with E-state index in [2.05, 4.69) is 15.6 Å². The maximum Gasteiger partial charge on any atom is 0.419 e. The first kappa shape index (κ1) is 31.3. The highest BCUT2D eigenvalue weighted by Gasteiger charge is 2.15. The predicted octanol–water partition coefficient (Wildman–Crippen LogP) is 5.74. The summed E-state index contributed by atoms with van der Waals surface area (Å²) >= 11 is 0. The third kappa shape index (κ3) is 7.11. The van der Waals surface area contributed by atoms with E-state index in [-0.39, 0.29) is 23.4 Å². The molecule has 6 aromatic rings. The summed E-state index contributed by atoms with van der Waals surface area (Å²) in [6, 6.07) is 26.9. The molecule has 240 valence electrons. The number of pyridine rings is 1. The van der Waals surface area contributed by atoms with Crippen LogP contribution in [-0.4, -0.2) is 37.5 Å². The first-order chi connectivity index (χ1) is 22.8. The van der Waals surface area contributed by atoms with Crippen LogP contribution in [0.15, 0.2) is 105 Å². The van der Waals surface area contributed by atoms with E-state index < -0.39 is 18.0 Å². The number of aromatic nitrogens is 2. The van der Waals surface area contributed by atoms with Gasteiger partial charge in [0.05, 0.1) is 22.8 Å². The second kappa shape index (κ2) is 13.8. The Bertz CT molecular complexity index is 2170. The Kier molecular flexibility index (Phi) is 9.18. The summed E-state index contributed by atoms with van der Waals surface area (Å²) in [7, 11) is 0. The topological polar surface area (TPSA) is 170 Å². The molecule has 1 amide bonds. The van der Waals surface area contributed by atoms with Crippen LogP contribution in [-0.2, 0) is 19.5 Å². The van der Waals surface area contributed by atoms with Crippen LogP contribution in [0.2, 0.25) is 0 Å². The van der Waals surface area contributed by atoms with E-state index in [4.69, 9.17) is 4.42 Å². The monoisotopic (exact) mass is 634 g/mol. The van der Waals surface area contributed by atoms with Gasteiger partial charge in [0.2, 0.25) is 5.56 Å². The summed E-state index contributed by atoms with van der Waals surface area (Å²) in [5.41, 5.74) is 5.81. The number of aliphatic hydroxyl groups excluding tert-OH is 1. The smallest absolute Gasteiger partial charge is 0.419 e. The molecule has 2 heterocycles. The first-order valence-electron chi connectivity index (χ1n) is 15.3. The molecule has 6 N–H and O–H groups in total. The van der Waals surface area contributed by atoms with E-state index in [1.807, 2.05) is 60.7 Å². The minimum absolute atomic E-state index is 0.0683. The molecule has 11 heteroatoms. The van der Waals surface area contributed by atoms with Crippen molar-refractivity contribution in [2.75, 3.05) is 11.9 Å². The minimum Gasteiger partial charge on any atom is -0.506 e. The number of amides is 1. The number of carboxylic acid groups (broad SMARTS) is 1. The van der Waals surface area contributed by atoms with Crippen molar-refractivity contribution >= 4 is 33.8 Å². The molecule has 1 unspecified atom stereocenters. The quantitative estimate of drug-likeness (QED) is 0.0926. The predicted molar refractivity (Wildman–Crippen MR) is 180 cm³/mol. The molecule has 0 radical (unpaired) electrons. The van der Waals surface area contributed by atoms with Gasteiger partial charge in [-0.25, -0.2) is 9.59 Å². The number of phenolic OH excluding ortho intramolecular Hbond substituents is 1. The van der Waals surface area contributed by atoms with Gasteiger partial charge >= 0.3 is 11.8 Å². The number of benzene rings is 4. The Morgan fingerprint density at radius 2 is 1.72 bits per heavy atom. The molecule has 0 aliphatic rings. The Morgan fingerprint density at radius 1 is 0.915 bits per heavy atom. The van der Waals surface area contributed by atoms with Crippen molar-refractivity contribution in [1.29, 1.82) is 0 Å². The van der Waals surface area contributed by atoms with Crippen LogP contribution in [0.25, 0.3) is 33.1 Å². The fourth-order valence-electron chi connectivity index (χ4n) is 5.88. The fraction of sp³-hybridized carbons (Fsp3) is 0.194. The molecule has 0 fully saturated rings. The zero-order valence-corrected chi connectivity index (χ0v) is 25.4. The van der Waals surface area contributed by atoms with Crippen molar-refractivity contribution in [2.45, 2.75) is 38.5 Å². The third-order valence-corrected chi connectivity index (χ3v) is 8.17. The lowest BCUT2D eigenvalue weighted by atomic mass is 9.99. The van der Waals surface area contributed by atoms with Crippen molar-refractivity contribution in [3.63, 3.8) is 0 Å². The molecular formula is C36H34N4O7. The summed E-state index contributed by atoms with van der Waals surface area (Å²) in [5.74, 6) is -0.501. The number of fused-ring (bicyclic) bond motifs is 2. The fourth-order valence-corrected chi connectivity index (χ4v) is 5.88. The molecule has 11 nitrogen and oxygen atoms in total. The molecule has 47 heavy (non-hydrogen) atoms. The van der Waals surface area contributed by atoms with Gasteiger partial charge in [-0.3, -0.25) is 14.7 Å². The Hall–Kier alpha value is -5.65.